The molecule has 0 radical (unpaired) electrons. The lowest BCUT2D eigenvalue weighted by atomic mass is 10.00. The molecule has 1 aromatic heterocycles. The lowest BCUT2D eigenvalue weighted by Crippen LogP contribution is -2.42. The summed E-state index contributed by atoms with van der Waals surface area (Å²) in [5.41, 5.74) is 4.79. The normalized spacial score (nSPS) is 16.1. The Kier molecular flexibility index (Phi) is 6.49. The Morgan fingerprint density at radius 2 is 1.83 bits per heavy atom. The molecule has 5 nitrogen and oxygen atoms in total. The highest BCUT2D eigenvalue weighted by Crippen LogP contribution is 2.32. The Balaban J connectivity index is 0.00000120. The van der Waals surface area contributed by atoms with E-state index >= 15 is 0 Å². The number of hydrogen-bond donors (Lipinski definition) is 3. The molecular formula is C21H23Cl2FN4O. The van der Waals surface area contributed by atoms with Gasteiger partial charge in [-0.2, -0.15) is 0 Å². The van der Waals surface area contributed by atoms with Crippen LogP contribution in [0, 0.1) is 5.82 Å². The van der Waals surface area contributed by atoms with Crippen molar-refractivity contribution in [2.24, 2.45) is 0 Å². The Labute approximate surface area is 180 Å². The molecule has 29 heavy (non-hydrogen) atoms. The Bertz CT molecular complexity index is 1050. The van der Waals surface area contributed by atoms with Crippen LogP contribution in [0.15, 0.2) is 36.4 Å². The summed E-state index contributed by atoms with van der Waals surface area (Å²) < 4.78 is 14.0. The van der Waals surface area contributed by atoms with Crippen molar-refractivity contribution >= 4 is 41.6 Å². The van der Waals surface area contributed by atoms with Crippen molar-refractivity contribution < 1.29 is 9.18 Å². The number of carbonyl (C=O) groups excluding carboxylic acids is 1. The number of hydrogen-bond acceptors (Lipinski definition) is 3. The fraction of sp³-hybridized carbons (Fsp3) is 0.286. The van der Waals surface area contributed by atoms with Gasteiger partial charge in [-0.25, -0.2) is 4.39 Å². The molecule has 1 fully saturated rings. The first-order valence-corrected chi connectivity index (χ1v) is 9.34. The molecule has 154 valence electrons. The van der Waals surface area contributed by atoms with Gasteiger partial charge in [0.2, 0.25) is 0 Å². The van der Waals surface area contributed by atoms with Crippen LogP contribution in [0.25, 0.3) is 22.2 Å². The standard InChI is InChI=1S/C21H21FN4O.2ClH/c22-17-3-2-15(20-16(17)11-24-21(20)27)19-10-14-9-13(1-4-18(14)25-19)12-26-7-5-23-6-8-26;;/h1-4,9-10,23,25H,5-8,11-12H2,(H,24,27);2*1H. The van der Waals surface area contributed by atoms with Gasteiger partial charge in [0.1, 0.15) is 5.82 Å². The van der Waals surface area contributed by atoms with Gasteiger partial charge < -0.3 is 15.6 Å². The van der Waals surface area contributed by atoms with Gasteiger partial charge >= 0.3 is 0 Å². The molecule has 0 bridgehead atoms. The highest BCUT2D eigenvalue weighted by Gasteiger charge is 2.26. The molecule has 5 rings (SSSR count). The number of amides is 1. The maximum Gasteiger partial charge on any atom is 0.252 e. The number of nitrogens with zero attached hydrogens (tertiary/aromatic N) is 1. The summed E-state index contributed by atoms with van der Waals surface area (Å²) in [6, 6.07) is 11.6. The molecule has 0 spiro atoms. The van der Waals surface area contributed by atoms with Gasteiger partial charge in [-0.15, -0.1) is 24.8 Å². The van der Waals surface area contributed by atoms with Gasteiger partial charge in [-0.3, -0.25) is 9.69 Å². The van der Waals surface area contributed by atoms with Crippen molar-refractivity contribution in [1.29, 1.82) is 0 Å². The van der Waals surface area contributed by atoms with Gasteiger partial charge in [0.05, 0.1) is 5.56 Å². The van der Waals surface area contributed by atoms with Crippen LogP contribution in [-0.2, 0) is 13.1 Å². The summed E-state index contributed by atoms with van der Waals surface area (Å²) in [6.07, 6.45) is 0. The number of fused-ring (bicyclic) bond motifs is 2. The number of H-pyrrole nitrogens is 1. The largest absolute Gasteiger partial charge is 0.355 e. The van der Waals surface area contributed by atoms with E-state index < -0.39 is 0 Å². The molecule has 0 saturated carbocycles. The monoisotopic (exact) mass is 436 g/mol. The first-order valence-electron chi connectivity index (χ1n) is 9.34. The van der Waals surface area contributed by atoms with Crippen LogP contribution < -0.4 is 10.6 Å². The van der Waals surface area contributed by atoms with E-state index in [9.17, 15) is 9.18 Å². The molecule has 3 aromatic rings. The van der Waals surface area contributed by atoms with E-state index in [1.165, 1.54) is 11.6 Å². The van der Waals surface area contributed by atoms with Gasteiger partial charge in [-0.1, -0.05) is 6.07 Å². The molecular weight excluding hydrogens is 414 g/mol. The number of halogens is 3. The first-order chi connectivity index (χ1) is 13.2. The third-order valence-corrected chi connectivity index (χ3v) is 5.50. The molecule has 1 amide bonds. The molecule has 1 saturated heterocycles. The summed E-state index contributed by atoms with van der Waals surface area (Å²) >= 11 is 0. The predicted octanol–water partition coefficient (Wildman–Crippen LogP) is 3.47. The van der Waals surface area contributed by atoms with Gasteiger partial charge in [0.15, 0.2) is 0 Å². The third-order valence-electron chi connectivity index (χ3n) is 5.50. The van der Waals surface area contributed by atoms with E-state index in [4.69, 9.17) is 0 Å². The number of carbonyl (C=O) groups is 1. The summed E-state index contributed by atoms with van der Waals surface area (Å²) in [5.74, 6) is -0.543. The van der Waals surface area contributed by atoms with Crippen LogP contribution >= 0.6 is 24.8 Å². The predicted molar refractivity (Wildman–Crippen MR) is 118 cm³/mol. The average Bonchev–Trinajstić information content (AvgIpc) is 3.27. The van der Waals surface area contributed by atoms with Gasteiger partial charge in [0, 0.05) is 67.0 Å². The minimum absolute atomic E-state index is 0. The molecule has 2 aliphatic heterocycles. The zero-order chi connectivity index (χ0) is 18.4. The quantitative estimate of drug-likeness (QED) is 0.588. The van der Waals surface area contributed by atoms with Crippen molar-refractivity contribution in [2.75, 3.05) is 26.2 Å². The van der Waals surface area contributed by atoms with Crippen LogP contribution in [0.5, 0.6) is 0 Å². The number of aromatic nitrogens is 1. The molecule has 8 heteroatoms. The third kappa shape index (κ3) is 3.98. The second-order valence-electron chi connectivity index (χ2n) is 7.26. The van der Waals surface area contributed by atoms with E-state index in [2.05, 4.69) is 44.8 Å². The number of rotatable bonds is 3. The van der Waals surface area contributed by atoms with Crippen LogP contribution in [-0.4, -0.2) is 42.0 Å². The molecule has 3 N–H and O–H groups in total. The van der Waals surface area contributed by atoms with E-state index in [1.807, 2.05) is 0 Å². The summed E-state index contributed by atoms with van der Waals surface area (Å²) in [7, 11) is 0. The van der Waals surface area contributed by atoms with Crippen LogP contribution in [0.1, 0.15) is 21.5 Å². The number of piperazine rings is 1. The zero-order valence-corrected chi connectivity index (χ0v) is 17.4. The lowest BCUT2D eigenvalue weighted by Gasteiger charge is -2.27. The van der Waals surface area contributed by atoms with Crippen molar-refractivity contribution in [3.8, 4) is 11.3 Å². The topological polar surface area (TPSA) is 60.2 Å². The van der Waals surface area contributed by atoms with E-state index in [-0.39, 0.29) is 43.1 Å². The fourth-order valence-electron chi connectivity index (χ4n) is 4.09. The van der Waals surface area contributed by atoms with Crippen LogP contribution in [0.2, 0.25) is 0 Å². The SMILES string of the molecule is Cl.Cl.O=C1NCc2c(F)ccc(-c3cc4cc(CN5CCNCC5)ccc4[nH]3)c21. The van der Waals surface area contributed by atoms with E-state index in [0.29, 0.717) is 11.1 Å². The second kappa shape index (κ2) is 8.71. The first kappa shape index (κ1) is 21.6. The highest BCUT2D eigenvalue weighted by molar-refractivity contribution is 6.05. The van der Waals surface area contributed by atoms with Crippen LogP contribution in [0.3, 0.4) is 0 Å². The lowest BCUT2D eigenvalue weighted by molar-refractivity contribution is 0.0966. The maximum atomic E-state index is 14.0. The van der Waals surface area contributed by atoms with Crippen molar-refractivity contribution in [3.05, 3.63) is 58.9 Å². The minimum atomic E-state index is -0.332. The van der Waals surface area contributed by atoms with Crippen molar-refractivity contribution in [2.45, 2.75) is 13.1 Å². The Hall–Kier alpha value is -2.12. The minimum Gasteiger partial charge on any atom is -0.355 e. The number of aromatic amines is 1. The number of nitrogens with one attached hydrogen (secondary N) is 3. The van der Waals surface area contributed by atoms with E-state index in [1.54, 1.807) is 6.07 Å². The molecule has 2 aromatic carbocycles. The number of benzene rings is 2. The maximum absolute atomic E-state index is 14.0. The molecule has 0 atom stereocenters. The Morgan fingerprint density at radius 3 is 2.62 bits per heavy atom. The van der Waals surface area contributed by atoms with Crippen molar-refractivity contribution in [1.82, 2.24) is 20.5 Å². The van der Waals surface area contributed by atoms with Gasteiger partial charge in [0.25, 0.3) is 5.91 Å². The Morgan fingerprint density at radius 1 is 1.03 bits per heavy atom. The zero-order valence-electron chi connectivity index (χ0n) is 15.8. The molecule has 2 aliphatic rings. The summed E-state index contributed by atoms with van der Waals surface area (Å²) in [5, 5.41) is 7.20. The molecule has 3 heterocycles. The van der Waals surface area contributed by atoms with Gasteiger partial charge in [-0.05, 0) is 35.9 Å². The molecule has 0 unspecified atom stereocenters. The second-order valence-corrected chi connectivity index (χ2v) is 7.26. The smallest absolute Gasteiger partial charge is 0.252 e. The van der Waals surface area contributed by atoms with Crippen LogP contribution in [0.4, 0.5) is 4.39 Å². The summed E-state index contributed by atoms with van der Waals surface area (Å²) in [6.45, 7) is 5.39. The molecule has 0 aliphatic carbocycles. The summed E-state index contributed by atoms with van der Waals surface area (Å²) in [4.78, 5) is 18.0. The fourth-order valence-corrected chi connectivity index (χ4v) is 4.09. The van der Waals surface area contributed by atoms with Crippen molar-refractivity contribution in [3.63, 3.8) is 0 Å². The highest BCUT2D eigenvalue weighted by atomic mass is 35.5. The van der Waals surface area contributed by atoms with E-state index in [0.717, 1.165) is 54.9 Å². The average molecular weight is 437 g/mol.